The molecule has 2 aromatic carbocycles. The molecule has 2 atom stereocenters. The van der Waals surface area contributed by atoms with Gasteiger partial charge in [-0.05, 0) is 44.0 Å². The van der Waals surface area contributed by atoms with Gasteiger partial charge in [0.2, 0.25) is 0 Å². The largest absolute Gasteiger partial charge is 0.304 e. The van der Waals surface area contributed by atoms with Crippen LogP contribution in [0, 0.1) is 12.7 Å². The zero-order chi connectivity index (χ0) is 14.7. The molecule has 106 valence electrons. The minimum Gasteiger partial charge on any atom is -0.304 e. The van der Waals surface area contributed by atoms with Gasteiger partial charge < -0.3 is 5.32 Å². The quantitative estimate of drug-likeness (QED) is 0.816. The molecule has 0 aliphatic heterocycles. The molecule has 0 amide bonds. The van der Waals surface area contributed by atoms with Crippen molar-refractivity contribution < 1.29 is 4.39 Å². The molecule has 0 saturated carbocycles. The Morgan fingerprint density at radius 1 is 0.950 bits per heavy atom. The first-order valence-corrected chi connectivity index (χ1v) is 7.12. The van der Waals surface area contributed by atoms with Gasteiger partial charge in [0.25, 0.3) is 0 Å². The molecule has 1 N–H and O–H groups in total. The van der Waals surface area contributed by atoms with Crippen LogP contribution >= 0.6 is 11.6 Å². The lowest BCUT2D eigenvalue weighted by molar-refractivity contribution is 0.494. The average Bonchev–Trinajstić information content (AvgIpc) is 2.42. The van der Waals surface area contributed by atoms with Crippen molar-refractivity contribution >= 4 is 11.6 Å². The first-order chi connectivity index (χ1) is 9.47. The van der Waals surface area contributed by atoms with E-state index in [0.29, 0.717) is 0 Å². The number of hydrogen-bond acceptors (Lipinski definition) is 1. The van der Waals surface area contributed by atoms with E-state index in [2.05, 4.69) is 43.4 Å². The molecule has 2 aromatic rings. The van der Waals surface area contributed by atoms with Gasteiger partial charge in [-0.1, -0.05) is 47.5 Å². The second-order valence-electron chi connectivity index (χ2n) is 5.19. The summed E-state index contributed by atoms with van der Waals surface area (Å²) in [6, 6.07) is 13.6. The molecule has 0 fully saturated rings. The van der Waals surface area contributed by atoms with Crippen LogP contribution in [0.3, 0.4) is 0 Å². The van der Waals surface area contributed by atoms with Gasteiger partial charge in [0.15, 0.2) is 0 Å². The molecule has 0 aliphatic carbocycles. The lowest BCUT2D eigenvalue weighted by Gasteiger charge is -2.21. The molecule has 1 nitrogen and oxygen atoms in total. The highest BCUT2D eigenvalue weighted by molar-refractivity contribution is 6.30. The van der Waals surface area contributed by atoms with Crippen LogP contribution in [0.5, 0.6) is 0 Å². The Morgan fingerprint density at radius 3 is 2.10 bits per heavy atom. The summed E-state index contributed by atoms with van der Waals surface area (Å²) >= 11 is 5.83. The maximum Gasteiger partial charge on any atom is 0.141 e. The number of aryl methyl sites for hydroxylation is 1. The predicted octanol–water partition coefficient (Wildman–Crippen LogP) is 5.20. The number of rotatable bonds is 4. The fourth-order valence-electron chi connectivity index (χ4n) is 2.20. The van der Waals surface area contributed by atoms with Crippen LogP contribution < -0.4 is 5.32 Å². The Hall–Kier alpha value is -1.38. The summed E-state index contributed by atoms with van der Waals surface area (Å²) in [5.74, 6) is -0.380. The zero-order valence-corrected chi connectivity index (χ0v) is 12.7. The molecule has 0 spiro atoms. The molecule has 2 rings (SSSR count). The Morgan fingerprint density at radius 2 is 1.50 bits per heavy atom. The topological polar surface area (TPSA) is 12.0 Å². The van der Waals surface area contributed by atoms with E-state index in [1.807, 2.05) is 6.92 Å². The van der Waals surface area contributed by atoms with Crippen LogP contribution in [0.15, 0.2) is 42.5 Å². The molecular weight excluding hydrogens is 273 g/mol. The summed E-state index contributed by atoms with van der Waals surface area (Å²) in [6.07, 6.45) is 0. The van der Waals surface area contributed by atoms with Crippen molar-refractivity contribution in [3.8, 4) is 0 Å². The van der Waals surface area contributed by atoms with Crippen LogP contribution in [-0.2, 0) is 0 Å². The smallest absolute Gasteiger partial charge is 0.141 e. The lowest BCUT2D eigenvalue weighted by Crippen LogP contribution is -2.22. The summed E-state index contributed by atoms with van der Waals surface area (Å²) in [5, 5.41) is 3.66. The normalized spacial score (nSPS) is 14.1. The molecule has 0 aromatic heterocycles. The van der Waals surface area contributed by atoms with E-state index in [4.69, 9.17) is 11.6 Å². The van der Waals surface area contributed by atoms with Crippen molar-refractivity contribution in [3.63, 3.8) is 0 Å². The third kappa shape index (κ3) is 3.59. The van der Waals surface area contributed by atoms with Crippen molar-refractivity contribution in [2.45, 2.75) is 32.9 Å². The second-order valence-corrected chi connectivity index (χ2v) is 5.60. The van der Waals surface area contributed by atoms with Gasteiger partial charge in [0, 0.05) is 12.1 Å². The Bertz CT molecular complexity index is 580. The van der Waals surface area contributed by atoms with Crippen molar-refractivity contribution in [2.75, 3.05) is 0 Å². The Balaban J connectivity index is 2.08. The van der Waals surface area contributed by atoms with Gasteiger partial charge in [-0.3, -0.25) is 0 Å². The standard InChI is InChI=1S/C17H19ClFN/c1-11-4-6-14(7-5-11)12(2)20-13(3)15-8-9-17(19)16(18)10-15/h4-10,12-13,20H,1-3H3. The third-order valence-corrected chi connectivity index (χ3v) is 3.81. The monoisotopic (exact) mass is 291 g/mol. The van der Waals surface area contributed by atoms with Gasteiger partial charge >= 0.3 is 0 Å². The summed E-state index contributed by atoms with van der Waals surface area (Å²) in [5.41, 5.74) is 3.46. The molecule has 0 radical (unpaired) electrons. The van der Waals surface area contributed by atoms with Crippen LogP contribution in [-0.4, -0.2) is 0 Å². The highest BCUT2D eigenvalue weighted by atomic mass is 35.5. The van der Waals surface area contributed by atoms with E-state index < -0.39 is 0 Å². The van der Waals surface area contributed by atoms with Gasteiger partial charge in [0.05, 0.1) is 5.02 Å². The Kier molecular flexibility index (Phi) is 4.79. The maximum absolute atomic E-state index is 13.2. The van der Waals surface area contributed by atoms with Crippen LogP contribution in [0.2, 0.25) is 5.02 Å². The van der Waals surface area contributed by atoms with Crippen LogP contribution in [0.25, 0.3) is 0 Å². The molecule has 0 bridgehead atoms. The number of benzene rings is 2. The van der Waals surface area contributed by atoms with Gasteiger partial charge in [-0.25, -0.2) is 4.39 Å². The molecule has 0 heterocycles. The van der Waals surface area contributed by atoms with Gasteiger partial charge in [-0.15, -0.1) is 0 Å². The first-order valence-electron chi connectivity index (χ1n) is 6.75. The van der Waals surface area contributed by atoms with Crippen molar-refractivity contribution in [1.82, 2.24) is 5.32 Å². The fraction of sp³-hybridized carbons (Fsp3) is 0.294. The van der Waals surface area contributed by atoms with Gasteiger partial charge in [0.1, 0.15) is 5.82 Å². The Labute approximate surface area is 124 Å². The summed E-state index contributed by atoms with van der Waals surface area (Å²) < 4.78 is 13.2. The molecule has 0 saturated heterocycles. The van der Waals surface area contributed by atoms with E-state index in [-0.39, 0.29) is 22.9 Å². The van der Waals surface area contributed by atoms with E-state index in [1.54, 1.807) is 12.1 Å². The first kappa shape index (κ1) is 15.0. The van der Waals surface area contributed by atoms with Crippen molar-refractivity contribution in [2.24, 2.45) is 0 Å². The molecule has 0 aliphatic rings. The van der Waals surface area contributed by atoms with Crippen LogP contribution in [0.1, 0.15) is 42.6 Å². The van der Waals surface area contributed by atoms with Gasteiger partial charge in [-0.2, -0.15) is 0 Å². The summed E-state index contributed by atoms with van der Waals surface area (Å²) in [6.45, 7) is 6.24. The zero-order valence-electron chi connectivity index (χ0n) is 12.0. The average molecular weight is 292 g/mol. The summed E-state index contributed by atoms with van der Waals surface area (Å²) in [7, 11) is 0. The van der Waals surface area contributed by atoms with Crippen LogP contribution in [0.4, 0.5) is 4.39 Å². The maximum atomic E-state index is 13.2. The fourth-order valence-corrected chi connectivity index (χ4v) is 2.39. The second kappa shape index (κ2) is 6.38. The van der Waals surface area contributed by atoms with E-state index in [0.717, 1.165) is 5.56 Å². The summed E-state index contributed by atoms with van der Waals surface area (Å²) in [4.78, 5) is 0. The SMILES string of the molecule is Cc1ccc(C(C)NC(C)c2ccc(F)c(Cl)c2)cc1. The highest BCUT2D eigenvalue weighted by Gasteiger charge is 2.12. The van der Waals surface area contributed by atoms with E-state index in [9.17, 15) is 4.39 Å². The molecule has 20 heavy (non-hydrogen) atoms. The minimum absolute atomic E-state index is 0.101. The highest BCUT2D eigenvalue weighted by Crippen LogP contribution is 2.23. The third-order valence-electron chi connectivity index (χ3n) is 3.52. The predicted molar refractivity (Wildman–Crippen MR) is 82.6 cm³/mol. The molecule has 3 heteroatoms. The number of halogens is 2. The number of nitrogens with one attached hydrogen (secondary N) is 1. The number of hydrogen-bond donors (Lipinski definition) is 1. The lowest BCUT2D eigenvalue weighted by atomic mass is 10.0. The minimum atomic E-state index is -0.380. The molecule has 2 unspecified atom stereocenters. The van der Waals surface area contributed by atoms with E-state index in [1.165, 1.54) is 17.2 Å². The van der Waals surface area contributed by atoms with Crippen molar-refractivity contribution in [3.05, 3.63) is 70.0 Å². The van der Waals surface area contributed by atoms with E-state index >= 15 is 0 Å². The van der Waals surface area contributed by atoms with Crippen molar-refractivity contribution in [1.29, 1.82) is 0 Å². The molecular formula is C17H19ClFN.